The molecular weight excluding hydrogens is 212 g/mol. The van der Waals surface area contributed by atoms with Crippen molar-refractivity contribution in [2.24, 2.45) is 16.6 Å². The van der Waals surface area contributed by atoms with Gasteiger partial charge in [-0.2, -0.15) is 0 Å². The Balaban J connectivity index is 2.02. The normalized spacial score (nSPS) is 32.8. The van der Waals surface area contributed by atoms with Gasteiger partial charge in [-0.05, 0) is 39.3 Å². The molecule has 0 radical (unpaired) electrons. The van der Waals surface area contributed by atoms with E-state index in [4.69, 9.17) is 5.73 Å². The van der Waals surface area contributed by atoms with E-state index in [1.807, 2.05) is 0 Å². The standard InChI is InChI=1S/C13H26N4/c1-4-11-5-6-13(9-11)10-15-12(14)17(13)8-7-16(2)3/h11H,4-10H2,1-3H3,(H2,14,15). The van der Waals surface area contributed by atoms with Crippen molar-refractivity contribution < 1.29 is 0 Å². The van der Waals surface area contributed by atoms with Crippen LogP contribution in [0, 0.1) is 5.92 Å². The zero-order valence-electron chi connectivity index (χ0n) is 11.4. The number of guanidine groups is 1. The summed E-state index contributed by atoms with van der Waals surface area (Å²) in [6.45, 7) is 5.28. The van der Waals surface area contributed by atoms with Crippen molar-refractivity contribution in [3.63, 3.8) is 0 Å². The lowest BCUT2D eigenvalue weighted by Crippen LogP contribution is -2.52. The van der Waals surface area contributed by atoms with Crippen LogP contribution in [-0.2, 0) is 0 Å². The zero-order chi connectivity index (χ0) is 12.5. The fourth-order valence-corrected chi connectivity index (χ4v) is 3.25. The molecule has 2 atom stereocenters. The van der Waals surface area contributed by atoms with Crippen LogP contribution >= 0.6 is 0 Å². The Morgan fingerprint density at radius 3 is 2.88 bits per heavy atom. The van der Waals surface area contributed by atoms with E-state index in [2.05, 4.69) is 35.8 Å². The molecule has 4 heteroatoms. The Kier molecular flexibility index (Phi) is 3.61. The Hall–Kier alpha value is -0.770. The van der Waals surface area contributed by atoms with Gasteiger partial charge in [0.05, 0.1) is 12.1 Å². The Labute approximate surface area is 105 Å². The Bertz CT molecular complexity index is 300. The summed E-state index contributed by atoms with van der Waals surface area (Å²) < 4.78 is 0. The topological polar surface area (TPSA) is 44.9 Å². The highest BCUT2D eigenvalue weighted by atomic mass is 15.4. The second-order valence-electron chi connectivity index (χ2n) is 5.87. The molecule has 0 aromatic rings. The minimum absolute atomic E-state index is 0.265. The van der Waals surface area contributed by atoms with Gasteiger partial charge in [0, 0.05) is 13.1 Å². The predicted molar refractivity (Wildman–Crippen MR) is 72.1 cm³/mol. The molecule has 2 N–H and O–H groups in total. The molecule has 2 rings (SSSR count). The van der Waals surface area contributed by atoms with Crippen molar-refractivity contribution in [2.75, 3.05) is 33.7 Å². The molecule has 0 bridgehead atoms. The zero-order valence-corrected chi connectivity index (χ0v) is 11.4. The summed E-state index contributed by atoms with van der Waals surface area (Å²) in [6.07, 6.45) is 5.19. The van der Waals surface area contributed by atoms with Crippen LogP contribution in [0.3, 0.4) is 0 Å². The van der Waals surface area contributed by atoms with E-state index in [1.165, 1.54) is 25.7 Å². The first kappa shape index (κ1) is 12.7. The largest absolute Gasteiger partial charge is 0.370 e. The summed E-state index contributed by atoms with van der Waals surface area (Å²) in [6, 6.07) is 0. The molecular formula is C13H26N4. The number of rotatable bonds is 4. The first-order chi connectivity index (χ1) is 8.07. The Morgan fingerprint density at radius 1 is 1.53 bits per heavy atom. The lowest BCUT2D eigenvalue weighted by atomic mass is 9.94. The van der Waals surface area contributed by atoms with Crippen LogP contribution in [0.5, 0.6) is 0 Å². The quantitative estimate of drug-likeness (QED) is 0.798. The molecule has 0 amide bonds. The van der Waals surface area contributed by atoms with E-state index in [0.717, 1.165) is 31.5 Å². The van der Waals surface area contributed by atoms with E-state index in [1.54, 1.807) is 0 Å². The molecule has 17 heavy (non-hydrogen) atoms. The van der Waals surface area contributed by atoms with Crippen molar-refractivity contribution in [1.82, 2.24) is 9.80 Å². The monoisotopic (exact) mass is 238 g/mol. The van der Waals surface area contributed by atoms with Crippen LogP contribution in [0.4, 0.5) is 0 Å². The molecule has 0 saturated heterocycles. The van der Waals surface area contributed by atoms with E-state index in [0.29, 0.717) is 0 Å². The highest BCUT2D eigenvalue weighted by Crippen LogP contribution is 2.42. The number of nitrogens with zero attached hydrogens (tertiary/aromatic N) is 3. The number of nitrogens with two attached hydrogens (primary N) is 1. The van der Waals surface area contributed by atoms with Crippen molar-refractivity contribution in [3.8, 4) is 0 Å². The van der Waals surface area contributed by atoms with Gasteiger partial charge in [-0.25, -0.2) is 0 Å². The van der Waals surface area contributed by atoms with Gasteiger partial charge in [0.25, 0.3) is 0 Å². The fourth-order valence-electron chi connectivity index (χ4n) is 3.25. The summed E-state index contributed by atoms with van der Waals surface area (Å²) in [5, 5.41) is 0. The number of hydrogen-bond donors (Lipinski definition) is 1. The molecule has 98 valence electrons. The summed E-state index contributed by atoms with van der Waals surface area (Å²) >= 11 is 0. The molecule has 1 fully saturated rings. The van der Waals surface area contributed by atoms with Crippen molar-refractivity contribution in [1.29, 1.82) is 0 Å². The molecule has 1 spiro atoms. The third-order valence-electron chi connectivity index (χ3n) is 4.42. The van der Waals surface area contributed by atoms with Gasteiger partial charge >= 0.3 is 0 Å². The van der Waals surface area contributed by atoms with Gasteiger partial charge in [-0.1, -0.05) is 13.3 Å². The SMILES string of the molecule is CCC1CCC2(CN=C(N)N2CCN(C)C)C1. The number of aliphatic imine (C=N–C) groups is 1. The summed E-state index contributed by atoms with van der Waals surface area (Å²) in [5.74, 6) is 1.64. The first-order valence-corrected chi connectivity index (χ1v) is 6.80. The molecule has 1 aliphatic heterocycles. The molecule has 2 unspecified atom stereocenters. The summed E-state index contributed by atoms with van der Waals surface area (Å²) in [4.78, 5) is 9.09. The van der Waals surface area contributed by atoms with E-state index in [9.17, 15) is 0 Å². The summed E-state index contributed by atoms with van der Waals surface area (Å²) in [7, 11) is 4.22. The maximum Gasteiger partial charge on any atom is 0.191 e. The van der Waals surface area contributed by atoms with E-state index < -0.39 is 0 Å². The number of likely N-dealkylation sites (N-methyl/N-ethyl adjacent to an activating group) is 1. The molecule has 0 aromatic heterocycles. The van der Waals surface area contributed by atoms with Gasteiger partial charge in [0.15, 0.2) is 5.96 Å². The maximum absolute atomic E-state index is 6.06. The van der Waals surface area contributed by atoms with Crippen molar-refractivity contribution in [2.45, 2.75) is 38.1 Å². The second kappa shape index (κ2) is 4.84. The lowest BCUT2D eigenvalue weighted by molar-refractivity contribution is 0.184. The first-order valence-electron chi connectivity index (χ1n) is 6.80. The lowest BCUT2D eigenvalue weighted by Gasteiger charge is -2.37. The van der Waals surface area contributed by atoms with Gasteiger partial charge in [-0.15, -0.1) is 0 Å². The third-order valence-corrected chi connectivity index (χ3v) is 4.42. The van der Waals surface area contributed by atoms with Crippen LogP contribution in [0.25, 0.3) is 0 Å². The van der Waals surface area contributed by atoms with Crippen molar-refractivity contribution >= 4 is 5.96 Å². The maximum atomic E-state index is 6.06. The van der Waals surface area contributed by atoms with E-state index in [-0.39, 0.29) is 5.54 Å². The van der Waals surface area contributed by atoms with Gasteiger partial charge in [0.2, 0.25) is 0 Å². The van der Waals surface area contributed by atoms with Gasteiger partial charge in [0.1, 0.15) is 0 Å². The molecule has 0 aromatic carbocycles. The van der Waals surface area contributed by atoms with Gasteiger partial charge in [-0.3, -0.25) is 4.99 Å². The molecule has 4 nitrogen and oxygen atoms in total. The second-order valence-corrected chi connectivity index (χ2v) is 5.87. The Morgan fingerprint density at radius 2 is 2.29 bits per heavy atom. The molecule has 1 saturated carbocycles. The van der Waals surface area contributed by atoms with E-state index >= 15 is 0 Å². The van der Waals surface area contributed by atoms with Crippen LogP contribution in [0.2, 0.25) is 0 Å². The van der Waals surface area contributed by atoms with Crippen LogP contribution < -0.4 is 5.73 Å². The average Bonchev–Trinajstić information content (AvgIpc) is 2.83. The minimum atomic E-state index is 0.265. The smallest absolute Gasteiger partial charge is 0.191 e. The number of hydrogen-bond acceptors (Lipinski definition) is 4. The molecule has 1 heterocycles. The fraction of sp³-hybridized carbons (Fsp3) is 0.923. The third kappa shape index (κ3) is 2.41. The average molecular weight is 238 g/mol. The molecule has 2 aliphatic rings. The van der Waals surface area contributed by atoms with Crippen molar-refractivity contribution in [3.05, 3.63) is 0 Å². The summed E-state index contributed by atoms with van der Waals surface area (Å²) in [5.41, 5.74) is 6.33. The van der Waals surface area contributed by atoms with Gasteiger partial charge < -0.3 is 15.5 Å². The molecule has 1 aliphatic carbocycles. The van der Waals surface area contributed by atoms with Crippen LogP contribution in [0.1, 0.15) is 32.6 Å². The highest BCUT2D eigenvalue weighted by molar-refractivity contribution is 5.81. The van der Waals surface area contributed by atoms with Crippen LogP contribution in [0.15, 0.2) is 4.99 Å². The van der Waals surface area contributed by atoms with Crippen LogP contribution in [-0.4, -0.2) is 55.0 Å². The highest BCUT2D eigenvalue weighted by Gasteiger charge is 2.46. The predicted octanol–water partition coefficient (Wildman–Crippen LogP) is 1.13. The minimum Gasteiger partial charge on any atom is -0.370 e.